The Balaban J connectivity index is 1.46. The summed E-state index contributed by atoms with van der Waals surface area (Å²) in [5.74, 6) is -5.12. The van der Waals surface area contributed by atoms with E-state index in [-0.39, 0.29) is 29.2 Å². The number of hydrogen-bond acceptors (Lipinski definition) is 6. The lowest BCUT2D eigenvalue weighted by Gasteiger charge is -2.31. The number of nitrogens with zero attached hydrogens (tertiary/aromatic N) is 2. The minimum Gasteiger partial charge on any atom is -0.480 e. The molecule has 6 rings (SSSR count). The molecule has 10 nitrogen and oxygen atoms in total. The highest BCUT2D eigenvalue weighted by Gasteiger charge is 2.68. The summed E-state index contributed by atoms with van der Waals surface area (Å²) in [5, 5.41) is 26.8. The molecule has 0 saturated carbocycles. The maximum atomic E-state index is 14.0. The van der Waals surface area contributed by atoms with Crippen molar-refractivity contribution in [1.29, 1.82) is 0 Å². The second-order valence-corrected chi connectivity index (χ2v) is 10.9. The van der Waals surface area contributed by atoms with Crippen molar-refractivity contribution in [2.75, 3.05) is 6.54 Å². The SMILES string of the molecule is O=C1C2C(c3cc(Cl)ccc3[N+](=O)[O-])NC(Cc3c[nH]c4ccccc34)(C(=O)O)C2C(=O)N1CC=Cc1ccccc1. The first-order valence-electron chi connectivity index (χ1n) is 13.3. The number of aromatic nitrogens is 1. The molecule has 2 amide bonds. The monoisotopic (exact) mass is 584 g/mol. The number of rotatable bonds is 8. The molecule has 0 radical (unpaired) electrons. The van der Waals surface area contributed by atoms with Crippen LogP contribution in [-0.4, -0.2) is 49.8 Å². The molecule has 2 saturated heterocycles. The average molecular weight is 585 g/mol. The number of fused-ring (bicyclic) bond motifs is 2. The van der Waals surface area contributed by atoms with Crippen molar-refractivity contribution >= 4 is 52.1 Å². The zero-order valence-electron chi connectivity index (χ0n) is 22.1. The quantitative estimate of drug-likeness (QED) is 0.154. The molecule has 3 aromatic carbocycles. The molecule has 212 valence electrons. The molecule has 0 aliphatic carbocycles. The fourth-order valence-electron chi connectivity index (χ4n) is 6.32. The molecule has 3 N–H and O–H groups in total. The van der Waals surface area contributed by atoms with Gasteiger partial charge in [0.1, 0.15) is 5.54 Å². The van der Waals surface area contributed by atoms with Crippen LogP contribution in [0.15, 0.2) is 85.1 Å². The number of imide groups is 1. The number of carbonyl (C=O) groups is 3. The van der Waals surface area contributed by atoms with E-state index in [9.17, 15) is 29.6 Å². The van der Waals surface area contributed by atoms with Crippen LogP contribution in [-0.2, 0) is 20.8 Å². The molecule has 4 aromatic rings. The van der Waals surface area contributed by atoms with Crippen LogP contribution in [0.4, 0.5) is 5.69 Å². The Morgan fingerprint density at radius 2 is 1.81 bits per heavy atom. The number of carboxylic acids is 1. The van der Waals surface area contributed by atoms with Gasteiger partial charge in [-0.05, 0) is 29.3 Å². The van der Waals surface area contributed by atoms with Crippen molar-refractivity contribution in [3.8, 4) is 0 Å². The Morgan fingerprint density at radius 3 is 2.55 bits per heavy atom. The molecule has 2 aliphatic rings. The summed E-state index contributed by atoms with van der Waals surface area (Å²) in [6.07, 6.45) is 4.97. The minimum absolute atomic E-state index is 0.0485. The number of benzene rings is 3. The van der Waals surface area contributed by atoms with Crippen molar-refractivity contribution in [3.63, 3.8) is 0 Å². The lowest BCUT2D eigenvalue weighted by molar-refractivity contribution is -0.385. The smallest absolute Gasteiger partial charge is 0.325 e. The zero-order chi connectivity index (χ0) is 29.6. The number of aromatic amines is 1. The highest BCUT2D eigenvalue weighted by Crippen LogP contribution is 2.52. The third kappa shape index (κ3) is 4.45. The molecular weight excluding hydrogens is 560 g/mol. The molecule has 1 aromatic heterocycles. The van der Waals surface area contributed by atoms with Crippen LogP contribution in [0.5, 0.6) is 0 Å². The summed E-state index contributed by atoms with van der Waals surface area (Å²) in [4.78, 5) is 56.8. The van der Waals surface area contributed by atoms with Crippen molar-refractivity contribution in [2.24, 2.45) is 11.8 Å². The van der Waals surface area contributed by atoms with Gasteiger partial charge in [-0.15, -0.1) is 0 Å². The standard InChI is InChI=1S/C31H25ClN4O6/c32-20-12-13-24(36(41)42)22(15-20)27-25-26(29(38)35(28(25)37)14-6-9-18-7-2-1-3-8-18)31(34-27,30(39)40)16-19-17-33-23-11-5-4-10-21(19)23/h1-13,15,17,25-27,33-34H,14,16H2,(H,39,40). The van der Waals surface area contributed by atoms with Crippen LogP contribution >= 0.6 is 11.6 Å². The molecule has 3 heterocycles. The predicted molar refractivity (Wildman–Crippen MR) is 156 cm³/mol. The minimum atomic E-state index is -1.94. The Bertz CT molecular complexity index is 1770. The predicted octanol–water partition coefficient (Wildman–Crippen LogP) is 4.75. The van der Waals surface area contributed by atoms with Crippen molar-refractivity contribution in [1.82, 2.24) is 15.2 Å². The molecular formula is C31H25ClN4O6. The van der Waals surface area contributed by atoms with Gasteiger partial charge in [-0.3, -0.25) is 34.7 Å². The van der Waals surface area contributed by atoms with Crippen molar-refractivity contribution in [3.05, 3.63) is 117 Å². The Morgan fingerprint density at radius 1 is 1.07 bits per heavy atom. The fraction of sp³-hybridized carbons (Fsp3) is 0.194. The number of halogens is 1. The first-order valence-corrected chi connectivity index (χ1v) is 13.7. The first-order chi connectivity index (χ1) is 20.2. The Labute approximate surface area is 244 Å². The van der Waals surface area contributed by atoms with E-state index in [1.807, 2.05) is 54.6 Å². The number of hydrogen-bond donors (Lipinski definition) is 3. The molecule has 42 heavy (non-hydrogen) atoms. The van der Waals surface area contributed by atoms with Gasteiger partial charge in [0.05, 0.1) is 22.8 Å². The highest BCUT2D eigenvalue weighted by atomic mass is 35.5. The normalized spacial score (nSPS) is 23.6. The summed E-state index contributed by atoms with van der Waals surface area (Å²) in [5.41, 5.74) is 0.0552. The number of H-pyrrole nitrogens is 1. The highest BCUT2D eigenvalue weighted by molar-refractivity contribution is 6.30. The van der Waals surface area contributed by atoms with Crippen molar-refractivity contribution in [2.45, 2.75) is 18.0 Å². The maximum Gasteiger partial charge on any atom is 0.325 e. The van der Waals surface area contributed by atoms with Gasteiger partial charge in [0.15, 0.2) is 0 Å². The van der Waals surface area contributed by atoms with E-state index in [2.05, 4.69) is 10.3 Å². The van der Waals surface area contributed by atoms with E-state index in [1.165, 1.54) is 18.2 Å². The number of amides is 2. The van der Waals surface area contributed by atoms with Gasteiger partial charge >= 0.3 is 5.97 Å². The number of carboxylic acid groups (broad SMARTS) is 1. The number of nitro benzene ring substituents is 1. The third-order valence-electron chi connectivity index (χ3n) is 8.19. The van der Waals surface area contributed by atoms with Crippen LogP contribution in [0.2, 0.25) is 5.02 Å². The summed E-state index contributed by atoms with van der Waals surface area (Å²) >= 11 is 6.24. The number of nitro groups is 1. The average Bonchev–Trinajstić information content (AvgIpc) is 3.62. The van der Waals surface area contributed by atoms with E-state index >= 15 is 0 Å². The summed E-state index contributed by atoms with van der Waals surface area (Å²) in [6, 6.07) is 19.4. The topological polar surface area (TPSA) is 146 Å². The number of likely N-dealkylation sites (tertiary alicyclic amines) is 1. The zero-order valence-corrected chi connectivity index (χ0v) is 22.8. The van der Waals surface area contributed by atoms with E-state index in [4.69, 9.17) is 11.6 Å². The summed E-state index contributed by atoms with van der Waals surface area (Å²) in [6.45, 7) is -0.0767. The molecule has 0 bridgehead atoms. The Kier molecular flexibility index (Phi) is 6.88. The number of aliphatic carboxylic acids is 1. The van der Waals surface area contributed by atoms with Gasteiger partial charge in [-0.25, -0.2) is 0 Å². The van der Waals surface area contributed by atoms with Crippen LogP contribution in [0.3, 0.4) is 0 Å². The largest absolute Gasteiger partial charge is 0.480 e. The van der Waals surface area contributed by atoms with E-state index in [1.54, 1.807) is 18.3 Å². The number of nitrogens with one attached hydrogen (secondary N) is 2. The Hall–Kier alpha value is -4.80. The van der Waals surface area contributed by atoms with Crippen molar-refractivity contribution < 1.29 is 24.4 Å². The van der Waals surface area contributed by atoms with Gasteiger partial charge < -0.3 is 10.1 Å². The van der Waals surface area contributed by atoms with Crippen LogP contribution in [0.25, 0.3) is 17.0 Å². The van der Waals surface area contributed by atoms with Crippen LogP contribution < -0.4 is 5.32 Å². The van der Waals surface area contributed by atoms with Gasteiger partial charge in [-0.1, -0.05) is 72.3 Å². The summed E-state index contributed by atoms with van der Waals surface area (Å²) in [7, 11) is 0. The number of para-hydroxylation sites is 1. The van der Waals surface area contributed by atoms with E-state index in [0.29, 0.717) is 5.56 Å². The van der Waals surface area contributed by atoms with E-state index in [0.717, 1.165) is 21.4 Å². The molecule has 0 spiro atoms. The maximum absolute atomic E-state index is 14.0. The van der Waals surface area contributed by atoms with E-state index < -0.39 is 46.1 Å². The van der Waals surface area contributed by atoms with Gasteiger partial charge in [0.25, 0.3) is 5.69 Å². The fourth-order valence-corrected chi connectivity index (χ4v) is 6.50. The third-order valence-corrected chi connectivity index (χ3v) is 8.43. The van der Waals surface area contributed by atoms with Crippen LogP contribution in [0.1, 0.15) is 22.7 Å². The molecule has 4 unspecified atom stereocenters. The lowest BCUT2D eigenvalue weighted by atomic mass is 9.76. The van der Waals surface area contributed by atoms with Gasteiger partial charge in [0, 0.05) is 46.7 Å². The first kappa shape index (κ1) is 27.4. The lowest BCUT2D eigenvalue weighted by Crippen LogP contribution is -2.57. The molecule has 4 atom stereocenters. The van der Waals surface area contributed by atoms with Gasteiger partial charge in [0.2, 0.25) is 11.8 Å². The summed E-state index contributed by atoms with van der Waals surface area (Å²) < 4.78 is 0. The van der Waals surface area contributed by atoms with Gasteiger partial charge in [-0.2, -0.15) is 0 Å². The molecule has 2 fully saturated rings. The number of carbonyl (C=O) groups excluding carboxylic acids is 2. The second-order valence-electron chi connectivity index (χ2n) is 10.5. The molecule has 11 heteroatoms. The second kappa shape index (κ2) is 10.6. The molecule has 2 aliphatic heterocycles. The van der Waals surface area contributed by atoms with Crippen LogP contribution in [0, 0.1) is 22.0 Å².